The highest BCUT2D eigenvalue weighted by atomic mass is 79.9. The molecule has 1 N–H and O–H groups in total. The van der Waals surface area contributed by atoms with E-state index < -0.39 is 12.0 Å². The number of carbonyl (C=O) groups excluding carboxylic acids is 1. The first-order valence-electron chi connectivity index (χ1n) is 7.98. The molecular formula is C19H21BrN2O4. The van der Waals surface area contributed by atoms with Crippen molar-refractivity contribution in [2.45, 2.75) is 12.6 Å². The van der Waals surface area contributed by atoms with Gasteiger partial charge in [-0.3, -0.25) is 14.6 Å². The fraction of sp³-hybridized carbons (Fsp3) is 0.263. The molecule has 0 aliphatic rings. The van der Waals surface area contributed by atoms with E-state index in [-0.39, 0.29) is 6.54 Å². The summed E-state index contributed by atoms with van der Waals surface area (Å²) >= 11 is 3.33. The summed E-state index contributed by atoms with van der Waals surface area (Å²) in [6, 6.07) is 13.5. The van der Waals surface area contributed by atoms with E-state index in [1.54, 1.807) is 31.4 Å². The summed E-state index contributed by atoms with van der Waals surface area (Å²) in [6.45, 7) is 0.718. The molecule has 0 aliphatic carbocycles. The number of carbonyl (C=O) groups is 2. The van der Waals surface area contributed by atoms with Crippen LogP contribution < -0.4 is 9.64 Å². The molecule has 2 aromatic rings. The Balaban J connectivity index is 2.13. The summed E-state index contributed by atoms with van der Waals surface area (Å²) in [6.07, 6.45) is 0.557. The van der Waals surface area contributed by atoms with Crippen LogP contribution in [0.2, 0.25) is 0 Å². The number of amides is 1. The average molecular weight is 421 g/mol. The van der Waals surface area contributed by atoms with Crippen molar-refractivity contribution < 1.29 is 19.4 Å². The topological polar surface area (TPSA) is 70.1 Å². The summed E-state index contributed by atoms with van der Waals surface area (Å²) in [5.74, 6) is -0.312. The van der Waals surface area contributed by atoms with Crippen molar-refractivity contribution in [3.8, 4) is 5.75 Å². The van der Waals surface area contributed by atoms with Gasteiger partial charge in [0.1, 0.15) is 11.8 Å². The second-order valence-corrected chi connectivity index (χ2v) is 6.81. The SMILES string of the molecule is COc1cccc(CN(C)CC(C(=O)O)N(C=O)c2ccc(Br)cc2)c1. The van der Waals surface area contributed by atoms with E-state index in [4.69, 9.17) is 4.74 Å². The Hall–Kier alpha value is -2.38. The van der Waals surface area contributed by atoms with Gasteiger partial charge in [0.2, 0.25) is 6.41 Å². The lowest BCUT2D eigenvalue weighted by atomic mass is 10.1. The van der Waals surface area contributed by atoms with E-state index in [9.17, 15) is 14.7 Å². The Morgan fingerprint density at radius 3 is 2.54 bits per heavy atom. The monoisotopic (exact) mass is 420 g/mol. The molecule has 0 saturated heterocycles. The van der Waals surface area contributed by atoms with Crippen LogP contribution in [0.3, 0.4) is 0 Å². The molecule has 1 amide bonds. The molecule has 0 spiro atoms. The normalized spacial score (nSPS) is 11.8. The zero-order valence-corrected chi connectivity index (χ0v) is 16.2. The van der Waals surface area contributed by atoms with Crippen LogP contribution in [0, 0.1) is 0 Å². The average Bonchev–Trinajstić information content (AvgIpc) is 2.63. The standard InChI is InChI=1S/C19H21BrN2O4/c1-21(11-14-4-3-5-17(10-14)26-2)12-18(19(24)25)22(13-23)16-8-6-15(20)7-9-16/h3-10,13,18H,11-12H2,1-2H3,(H,24,25). The van der Waals surface area contributed by atoms with E-state index in [2.05, 4.69) is 15.9 Å². The number of hydrogen-bond donors (Lipinski definition) is 1. The van der Waals surface area contributed by atoms with Crippen LogP contribution in [0.4, 0.5) is 5.69 Å². The molecule has 0 fully saturated rings. The number of rotatable bonds is 9. The van der Waals surface area contributed by atoms with E-state index in [1.165, 1.54) is 4.90 Å². The Kier molecular flexibility index (Phi) is 7.17. The second-order valence-electron chi connectivity index (χ2n) is 5.89. The van der Waals surface area contributed by atoms with Gasteiger partial charge in [-0.2, -0.15) is 0 Å². The number of carboxylic acids is 1. The van der Waals surface area contributed by atoms with E-state index in [0.717, 1.165) is 15.8 Å². The first-order valence-corrected chi connectivity index (χ1v) is 8.77. The third-order valence-corrected chi connectivity index (χ3v) is 4.46. The number of aliphatic carboxylic acids is 1. The first-order chi connectivity index (χ1) is 12.4. The molecule has 1 unspecified atom stereocenters. The fourth-order valence-electron chi connectivity index (χ4n) is 2.65. The predicted molar refractivity (Wildman–Crippen MR) is 103 cm³/mol. The number of methoxy groups -OCH3 is 1. The highest BCUT2D eigenvalue weighted by Gasteiger charge is 2.27. The minimum Gasteiger partial charge on any atom is -0.497 e. The van der Waals surface area contributed by atoms with Gasteiger partial charge in [-0.05, 0) is 49.0 Å². The number of likely N-dealkylation sites (N-methyl/N-ethyl adjacent to an activating group) is 1. The van der Waals surface area contributed by atoms with Crippen LogP contribution >= 0.6 is 15.9 Å². The molecule has 26 heavy (non-hydrogen) atoms. The molecule has 0 bridgehead atoms. The smallest absolute Gasteiger partial charge is 0.328 e. The molecule has 7 heteroatoms. The first kappa shape index (κ1) is 19.9. The maximum Gasteiger partial charge on any atom is 0.328 e. The Labute approximate surface area is 161 Å². The largest absolute Gasteiger partial charge is 0.497 e. The molecule has 0 heterocycles. The summed E-state index contributed by atoms with van der Waals surface area (Å²) in [7, 11) is 3.42. The van der Waals surface area contributed by atoms with Crippen molar-refractivity contribution in [2.75, 3.05) is 25.6 Å². The number of hydrogen-bond acceptors (Lipinski definition) is 4. The number of benzene rings is 2. The summed E-state index contributed by atoms with van der Waals surface area (Å²) < 4.78 is 6.06. The maximum atomic E-state index is 11.8. The lowest BCUT2D eigenvalue weighted by molar-refractivity contribution is -0.139. The number of halogens is 1. The maximum absolute atomic E-state index is 11.8. The van der Waals surface area contributed by atoms with Gasteiger partial charge in [-0.15, -0.1) is 0 Å². The number of carboxylic acid groups (broad SMARTS) is 1. The molecule has 6 nitrogen and oxygen atoms in total. The Morgan fingerprint density at radius 2 is 1.96 bits per heavy atom. The number of anilines is 1. The van der Waals surface area contributed by atoms with Gasteiger partial charge in [0.25, 0.3) is 0 Å². The lowest BCUT2D eigenvalue weighted by Gasteiger charge is -2.29. The van der Waals surface area contributed by atoms with Crippen LogP contribution in [-0.2, 0) is 16.1 Å². The van der Waals surface area contributed by atoms with E-state index >= 15 is 0 Å². The molecular weight excluding hydrogens is 400 g/mol. The van der Waals surface area contributed by atoms with Crippen LogP contribution in [0.25, 0.3) is 0 Å². The van der Waals surface area contributed by atoms with Crippen molar-refractivity contribution in [2.24, 2.45) is 0 Å². The quantitative estimate of drug-likeness (QED) is 0.631. The predicted octanol–water partition coefficient (Wildman–Crippen LogP) is 3.01. The van der Waals surface area contributed by atoms with Crippen LogP contribution in [0.1, 0.15) is 5.56 Å². The highest BCUT2D eigenvalue weighted by Crippen LogP contribution is 2.20. The van der Waals surface area contributed by atoms with Crippen LogP contribution in [0.15, 0.2) is 53.0 Å². The molecule has 2 rings (SSSR count). The molecule has 0 radical (unpaired) electrons. The zero-order valence-electron chi connectivity index (χ0n) is 14.6. The van der Waals surface area contributed by atoms with Gasteiger partial charge in [0.15, 0.2) is 0 Å². The van der Waals surface area contributed by atoms with Gasteiger partial charge in [-0.25, -0.2) is 4.79 Å². The summed E-state index contributed by atoms with van der Waals surface area (Å²) in [5.41, 5.74) is 1.53. The second kappa shape index (κ2) is 9.35. The molecule has 0 saturated carbocycles. The Morgan fingerprint density at radius 1 is 1.27 bits per heavy atom. The van der Waals surface area contributed by atoms with Crippen LogP contribution in [0.5, 0.6) is 5.75 Å². The van der Waals surface area contributed by atoms with Crippen molar-refractivity contribution >= 4 is 34.0 Å². The van der Waals surface area contributed by atoms with Crippen molar-refractivity contribution in [3.63, 3.8) is 0 Å². The molecule has 1 atom stereocenters. The van der Waals surface area contributed by atoms with Gasteiger partial charge >= 0.3 is 5.97 Å². The minimum absolute atomic E-state index is 0.182. The molecule has 0 aliphatic heterocycles. The number of ether oxygens (including phenoxy) is 1. The van der Waals surface area contributed by atoms with Gasteiger partial charge < -0.3 is 9.84 Å². The lowest BCUT2D eigenvalue weighted by Crippen LogP contribution is -2.47. The molecule has 2 aromatic carbocycles. The molecule has 138 valence electrons. The number of nitrogens with zero attached hydrogens (tertiary/aromatic N) is 2. The van der Waals surface area contributed by atoms with Gasteiger partial charge in [0, 0.05) is 23.2 Å². The van der Waals surface area contributed by atoms with Crippen molar-refractivity contribution in [1.29, 1.82) is 0 Å². The minimum atomic E-state index is -1.06. The van der Waals surface area contributed by atoms with Crippen molar-refractivity contribution in [3.05, 3.63) is 58.6 Å². The van der Waals surface area contributed by atoms with E-state index in [1.807, 2.05) is 36.2 Å². The third-order valence-electron chi connectivity index (χ3n) is 3.93. The highest BCUT2D eigenvalue weighted by molar-refractivity contribution is 9.10. The summed E-state index contributed by atoms with van der Waals surface area (Å²) in [4.78, 5) is 26.4. The molecule has 0 aromatic heterocycles. The fourth-order valence-corrected chi connectivity index (χ4v) is 2.92. The van der Waals surface area contributed by atoms with E-state index in [0.29, 0.717) is 18.6 Å². The van der Waals surface area contributed by atoms with Gasteiger partial charge in [-0.1, -0.05) is 28.1 Å². The van der Waals surface area contributed by atoms with Crippen LogP contribution in [-0.4, -0.2) is 49.1 Å². The summed E-state index contributed by atoms with van der Waals surface area (Å²) in [5, 5.41) is 9.63. The Bertz CT molecular complexity index is 751. The third kappa shape index (κ3) is 5.31. The van der Waals surface area contributed by atoms with Crippen molar-refractivity contribution in [1.82, 2.24) is 4.90 Å². The zero-order chi connectivity index (χ0) is 19.1. The van der Waals surface area contributed by atoms with Gasteiger partial charge in [0.05, 0.1) is 7.11 Å².